The van der Waals surface area contributed by atoms with Gasteiger partial charge in [0.25, 0.3) is 0 Å². The molecule has 0 bridgehead atoms. The van der Waals surface area contributed by atoms with Crippen LogP contribution in [0.2, 0.25) is 0 Å². The molecule has 1 aromatic carbocycles. The van der Waals surface area contributed by atoms with Crippen molar-refractivity contribution in [3.63, 3.8) is 0 Å². The second-order valence-corrected chi connectivity index (χ2v) is 6.00. The van der Waals surface area contributed by atoms with Crippen molar-refractivity contribution in [2.24, 2.45) is 5.73 Å². The topological polar surface area (TPSA) is 95.7 Å². The lowest BCUT2D eigenvalue weighted by Gasteiger charge is -2.27. The minimum atomic E-state index is -0.502. The molecule has 3 N–H and O–H groups in total. The number of carbonyl (C=O) groups excluding carboxylic acids is 3. The molecule has 0 radical (unpaired) electrons. The summed E-state index contributed by atoms with van der Waals surface area (Å²) >= 11 is 0. The molecular weight excluding hydrogens is 296 g/mol. The van der Waals surface area contributed by atoms with Gasteiger partial charge in [-0.1, -0.05) is 30.3 Å². The van der Waals surface area contributed by atoms with Crippen molar-refractivity contribution in [3.05, 3.63) is 35.9 Å². The highest BCUT2D eigenvalue weighted by Gasteiger charge is 2.35. The van der Waals surface area contributed by atoms with E-state index in [0.717, 1.165) is 5.56 Å². The van der Waals surface area contributed by atoms with Crippen molar-refractivity contribution in [1.82, 2.24) is 15.1 Å². The third kappa shape index (κ3) is 3.34. The molecule has 0 aliphatic carbocycles. The van der Waals surface area contributed by atoms with Crippen molar-refractivity contribution in [2.75, 3.05) is 26.2 Å². The van der Waals surface area contributed by atoms with Gasteiger partial charge in [0.15, 0.2) is 0 Å². The van der Waals surface area contributed by atoms with Gasteiger partial charge in [0, 0.05) is 38.0 Å². The number of nitrogens with zero attached hydrogens (tertiary/aromatic N) is 2. The monoisotopic (exact) mass is 316 g/mol. The highest BCUT2D eigenvalue weighted by atomic mass is 16.2. The van der Waals surface area contributed by atoms with Crippen LogP contribution >= 0.6 is 0 Å². The number of urea groups is 1. The number of rotatable bonds is 3. The van der Waals surface area contributed by atoms with E-state index in [4.69, 9.17) is 5.73 Å². The quantitative estimate of drug-likeness (QED) is 0.813. The fourth-order valence-corrected chi connectivity index (χ4v) is 3.10. The Morgan fingerprint density at radius 1 is 1.22 bits per heavy atom. The van der Waals surface area contributed by atoms with Crippen LogP contribution < -0.4 is 11.1 Å². The summed E-state index contributed by atoms with van der Waals surface area (Å²) in [6, 6.07) is 9.28. The highest BCUT2D eigenvalue weighted by Crippen LogP contribution is 2.26. The molecular formula is C16H20N4O3. The lowest BCUT2D eigenvalue weighted by Crippen LogP contribution is -2.52. The molecule has 0 spiro atoms. The van der Waals surface area contributed by atoms with Crippen LogP contribution in [-0.2, 0) is 9.59 Å². The van der Waals surface area contributed by atoms with E-state index in [9.17, 15) is 14.4 Å². The fourth-order valence-electron chi connectivity index (χ4n) is 3.10. The van der Waals surface area contributed by atoms with Gasteiger partial charge in [0.05, 0.1) is 0 Å². The van der Waals surface area contributed by atoms with Gasteiger partial charge < -0.3 is 15.5 Å². The Balaban J connectivity index is 1.61. The smallest absolute Gasteiger partial charge is 0.324 e. The number of nitrogens with one attached hydrogen (secondary N) is 1. The van der Waals surface area contributed by atoms with E-state index in [1.165, 1.54) is 4.90 Å². The summed E-state index contributed by atoms with van der Waals surface area (Å²) in [4.78, 5) is 38.3. The van der Waals surface area contributed by atoms with Gasteiger partial charge in [-0.25, -0.2) is 4.79 Å². The normalized spacial score (nSPS) is 24.7. The third-order valence-electron chi connectivity index (χ3n) is 4.41. The van der Waals surface area contributed by atoms with Gasteiger partial charge in [0.1, 0.15) is 6.54 Å². The van der Waals surface area contributed by atoms with E-state index in [2.05, 4.69) is 5.32 Å². The Bertz CT molecular complexity index is 619. The van der Waals surface area contributed by atoms with E-state index < -0.39 is 6.03 Å². The molecule has 23 heavy (non-hydrogen) atoms. The van der Waals surface area contributed by atoms with E-state index in [-0.39, 0.29) is 43.3 Å². The summed E-state index contributed by atoms with van der Waals surface area (Å²) in [5, 5.41) is 2.22. The van der Waals surface area contributed by atoms with Crippen LogP contribution in [0.3, 0.4) is 0 Å². The number of hydrogen-bond acceptors (Lipinski definition) is 4. The molecule has 2 saturated heterocycles. The zero-order chi connectivity index (χ0) is 16.4. The maximum atomic E-state index is 12.4. The second kappa shape index (κ2) is 6.37. The lowest BCUT2D eigenvalue weighted by atomic mass is 9.95. The first kappa shape index (κ1) is 15.5. The molecule has 2 fully saturated rings. The summed E-state index contributed by atoms with van der Waals surface area (Å²) in [5.41, 5.74) is 7.31. The van der Waals surface area contributed by atoms with Gasteiger partial charge in [0.2, 0.25) is 11.8 Å². The van der Waals surface area contributed by atoms with Crippen LogP contribution in [0.4, 0.5) is 4.79 Å². The van der Waals surface area contributed by atoms with Crippen molar-refractivity contribution in [1.29, 1.82) is 0 Å². The van der Waals surface area contributed by atoms with Crippen LogP contribution in [-0.4, -0.2) is 59.9 Å². The van der Waals surface area contributed by atoms with E-state index in [0.29, 0.717) is 13.1 Å². The van der Waals surface area contributed by atoms with Crippen molar-refractivity contribution in [2.45, 2.75) is 18.4 Å². The molecule has 1 aromatic rings. The first-order valence-corrected chi connectivity index (χ1v) is 7.71. The average Bonchev–Trinajstić information content (AvgIpc) is 2.93. The highest BCUT2D eigenvalue weighted by molar-refractivity contribution is 5.98. The molecule has 4 amide bonds. The minimum Gasteiger partial charge on any atom is -0.339 e. The predicted octanol–water partition coefficient (Wildman–Crippen LogP) is -0.118. The number of benzene rings is 1. The average molecular weight is 316 g/mol. The fraction of sp³-hybridized carbons (Fsp3) is 0.438. The molecule has 2 heterocycles. The number of carbonyl (C=O) groups is 3. The zero-order valence-corrected chi connectivity index (χ0v) is 12.8. The summed E-state index contributed by atoms with van der Waals surface area (Å²) < 4.78 is 0. The van der Waals surface area contributed by atoms with Crippen molar-refractivity contribution >= 4 is 17.8 Å². The standard InChI is InChI=1S/C16H20N4O3/c17-13-9-20(8-12(13)11-4-2-1-3-5-11)15(22)10-19-7-6-14(21)18-16(19)23/h1-5,12-13H,6-10,17H2,(H,18,21,23)/t12-,13+/m0/s1. The van der Waals surface area contributed by atoms with Crippen LogP contribution in [0, 0.1) is 0 Å². The molecule has 0 aromatic heterocycles. The van der Waals surface area contributed by atoms with Gasteiger partial charge in [-0.05, 0) is 5.56 Å². The number of hydrogen-bond donors (Lipinski definition) is 2. The maximum absolute atomic E-state index is 12.4. The molecule has 0 unspecified atom stereocenters. The minimum absolute atomic E-state index is 0.0205. The Morgan fingerprint density at radius 3 is 2.65 bits per heavy atom. The second-order valence-electron chi connectivity index (χ2n) is 6.00. The Labute approximate surface area is 134 Å². The molecule has 7 nitrogen and oxygen atoms in total. The summed E-state index contributed by atoms with van der Waals surface area (Å²) in [7, 11) is 0. The molecule has 2 atom stereocenters. The van der Waals surface area contributed by atoms with Crippen LogP contribution in [0.25, 0.3) is 0 Å². The van der Waals surface area contributed by atoms with Crippen molar-refractivity contribution < 1.29 is 14.4 Å². The SMILES string of the molecule is N[C@@H]1CN(C(=O)CN2CCC(=O)NC2=O)C[C@H]1c1ccccc1. The largest absolute Gasteiger partial charge is 0.339 e. The number of amides is 4. The molecule has 3 rings (SSSR count). The van der Waals surface area contributed by atoms with Gasteiger partial charge in [-0.3, -0.25) is 14.9 Å². The van der Waals surface area contributed by atoms with E-state index in [1.54, 1.807) is 4.90 Å². The first-order valence-electron chi connectivity index (χ1n) is 7.71. The Kier molecular flexibility index (Phi) is 4.29. The predicted molar refractivity (Wildman–Crippen MR) is 83.5 cm³/mol. The maximum Gasteiger partial charge on any atom is 0.324 e. The van der Waals surface area contributed by atoms with Crippen LogP contribution in [0.5, 0.6) is 0 Å². The van der Waals surface area contributed by atoms with Crippen LogP contribution in [0.1, 0.15) is 17.9 Å². The van der Waals surface area contributed by atoms with Gasteiger partial charge >= 0.3 is 6.03 Å². The van der Waals surface area contributed by atoms with Crippen LogP contribution in [0.15, 0.2) is 30.3 Å². The summed E-state index contributed by atoms with van der Waals surface area (Å²) in [6.07, 6.45) is 0.227. The van der Waals surface area contributed by atoms with Gasteiger partial charge in [-0.15, -0.1) is 0 Å². The molecule has 122 valence electrons. The Hall–Kier alpha value is -2.41. The van der Waals surface area contributed by atoms with E-state index >= 15 is 0 Å². The number of likely N-dealkylation sites (tertiary alicyclic amines) is 1. The Morgan fingerprint density at radius 2 is 1.96 bits per heavy atom. The molecule has 7 heteroatoms. The molecule has 0 saturated carbocycles. The first-order chi connectivity index (χ1) is 11.0. The zero-order valence-electron chi connectivity index (χ0n) is 12.8. The summed E-state index contributed by atoms with van der Waals surface area (Å²) in [6.45, 7) is 1.29. The molecule has 2 aliphatic rings. The van der Waals surface area contributed by atoms with E-state index in [1.807, 2.05) is 30.3 Å². The van der Waals surface area contributed by atoms with Gasteiger partial charge in [-0.2, -0.15) is 0 Å². The molecule has 2 aliphatic heterocycles. The number of nitrogens with two attached hydrogens (primary N) is 1. The third-order valence-corrected chi connectivity index (χ3v) is 4.41. The number of imide groups is 1. The van der Waals surface area contributed by atoms with Crippen molar-refractivity contribution in [3.8, 4) is 0 Å². The summed E-state index contributed by atoms with van der Waals surface area (Å²) in [5.74, 6) is -0.327. The lowest BCUT2D eigenvalue weighted by molar-refractivity contribution is -0.132.